The van der Waals surface area contributed by atoms with E-state index in [1.807, 2.05) is 6.92 Å². The van der Waals surface area contributed by atoms with E-state index in [0.29, 0.717) is 11.0 Å². The summed E-state index contributed by atoms with van der Waals surface area (Å²) in [6.07, 6.45) is 3.50. The first-order valence-electron chi connectivity index (χ1n) is 7.98. The average molecular weight is 321 g/mol. The van der Waals surface area contributed by atoms with E-state index in [1.165, 1.54) is 34.8 Å². The number of nitrogens with zero attached hydrogens (tertiary/aromatic N) is 4. The van der Waals surface area contributed by atoms with Gasteiger partial charge in [-0.3, -0.25) is 9.69 Å². The lowest BCUT2D eigenvalue weighted by atomic mass is 10.0. The van der Waals surface area contributed by atoms with Gasteiger partial charge in [0.25, 0.3) is 5.56 Å². The highest BCUT2D eigenvalue weighted by atomic mass is 32.1. The maximum absolute atomic E-state index is 12.0. The largest absolute Gasteiger partial charge is 0.317 e. The highest BCUT2D eigenvalue weighted by Gasteiger charge is 2.22. The number of fused-ring (bicyclic) bond motifs is 1. The van der Waals surface area contributed by atoms with Crippen LogP contribution in [0.1, 0.15) is 36.9 Å². The smallest absolute Gasteiger partial charge is 0.275 e. The Hall–Kier alpha value is -1.31. The first-order valence-corrected chi connectivity index (χ1v) is 8.80. The number of rotatable bonds is 5. The second kappa shape index (κ2) is 6.85. The molecule has 0 aliphatic carbocycles. The molecule has 3 heterocycles. The van der Waals surface area contributed by atoms with Crippen molar-refractivity contribution < 1.29 is 0 Å². The summed E-state index contributed by atoms with van der Waals surface area (Å²) in [4.78, 5) is 19.6. The van der Waals surface area contributed by atoms with E-state index in [9.17, 15) is 4.79 Å². The van der Waals surface area contributed by atoms with Crippen LogP contribution >= 0.6 is 11.3 Å². The number of aromatic nitrogens is 3. The molecule has 120 valence electrons. The number of hydrogen-bond acceptors (Lipinski definition) is 6. The Morgan fingerprint density at radius 2 is 2.23 bits per heavy atom. The third kappa shape index (κ3) is 3.37. The molecule has 22 heavy (non-hydrogen) atoms. The molecule has 1 saturated heterocycles. The van der Waals surface area contributed by atoms with Crippen molar-refractivity contribution in [3.8, 4) is 0 Å². The molecule has 0 saturated carbocycles. The monoisotopic (exact) mass is 321 g/mol. The summed E-state index contributed by atoms with van der Waals surface area (Å²) in [5, 5.41) is 8.86. The third-order valence-corrected chi connectivity index (χ3v) is 4.98. The Bertz CT molecular complexity index is 689. The zero-order chi connectivity index (χ0) is 15.5. The predicted molar refractivity (Wildman–Crippen MR) is 88.5 cm³/mol. The third-order valence-electron chi connectivity index (χ3n) is 4.09. The van der Waals surface area contributed by atoms with Crippen LogP contribution in [-0.2, 0) is 6.54 Å². The summed E-state index contributed by atoms with van der Waals surface area (Å²) < 4.78 is 1.43. The van der Waals surface area contributed by atoms with Crippen molar-refractivity contribution in [2.24, 2.45) is 0 Å². The first-order chi connectivity index (χ1) is 10.7. The molecule has 6 nitrogen and oxygen atoms in total. The number of hydrogen-bond donors (Lipinski definition) is 1. The highest BCUT2D eigenvalue weighted by molar-refractivity contribution is 7.16. The van der Waals surface area contributed by atoms with Gasteiger partial charge in [-0.25, -0.2) is 4.98 Å². The predicted octanol–water partition coefficient (Wildman–Crippen LogP) is 1.42. The molecule has 1 fully saturated rings. The molecule has 2 aromatic rings. The standard InChI is InChI=1S/C15H23N5OS/c1-3-8-19(12-4-6-16-7-5-12)10-13-18-20-14(21)9-11(2)17-15(20)22-13/h9,12,16H,3-8,10H2,1-2H3. The number of aryl methyl sites for hydroxylation is 1. The van der Waals surface area contributed by atoms with Gasteiger partial charge in [-0.15, -0.1) is 0 Å². The lowest BCUT2D eigenvalue weighted by molar-refractivity contribution is 0.153. The van der Waals surface area contributed by atoms with Gasteiger partial charge in [0.1, 0.15) is 5.01 Å². The van der Waals surface area contributed by atoms with Gasteiger partial charge in [0.2, 0.25) is 4.96 Å². The van der Waals surface area contributed by atoms with E-state index < -0.39 is 0 Å². The Kier molecular flexibility index (Phi) is 4.85. The van der Waals surface area contributed by atoms with Crippen molar-refractivity contribution >= 4 is 16.3 Å². The van der Waals surface area contributed by atoms with Crippen LogP contribution in [0.3, 0.4) is 0 Å². The molecular weight excluding hydrogens is 298 g/mol. The Balaban J connectivity index is 1.82. The molecule has 0 radical (unpaired) electrons. The van der Waals surface area contributed by atoms with Crippen molar-refractivity contribution in [1.29, 1.82) is 0 Å². The highest BCUT2D eigenvalue weighted by Crippen LogP contribution is 2.19. The van der Waals surface area contributed by atoms with Gasteiger partial charge >= 0.3 is 0 Å². The lowest BCUT2D eigenvalue weighted by Gasteiger charge is -2.33. The number of nitrogens with one attached hydrogen (secondary N) is 1. The normalized spacial score (nSPS) is 16.7. The SMILES string of the molecule is CCCN(Cc1nn2c(=O)cc(C)nc2s1)C1CCNCC1. The zero-order valence-corrected chi connectivity index (χ0v) is 14.0. The van der Waals surface area contributed by atoms with Gasteiger partial charge in [0, 0.05) is 17.8 Å². The molecule has 0 aromatic carbocycles. The van der Waals surface area contributed by atoms with Gasteiger partial charge in [-0.1, -0.05) is 18.3 Å². The van der Waals surface area contributed by atoms with Gasteiger partial charge in [0.05, 0.1) is 6.54 Å². The van der Waals surface area contributed by atoms with Crippen molar-refractivity contribution in [2.45, 2.75) is 45.7 Å². The molecule has 0 amide bonds. The molecule has 0 atom stereocenters. The lowest BCUT2D eigenvalue weighted by Crippen LogP contribution is -2.43. The molecule has 2 aromatic heterocycles. The fourth-order valence-corrected chi connectivity index (χ4v) is 4.02. The Morgan fingerprint density at radius 1 is 1.45 bits per heavy atom. The summed E-state index contributed by atoms with van der Waals surface area (Å²) in [5.41, 5.74) is 0.665. The quantitative estimate of drug-likeness (QED) is 0.902. The fraction of sp³-hybridized carbons (Fsp3) is 0.667. The van der Waals surface area contributed by atoms with Crippen LogP contribution in [0.15, 0.2) is 10.9 Å². The van der Waals surface area contributed by atoms with Crippen LogP contribution in [0.4, 0.5) is 0 Å². The average Bonchev–Trinajstić information content (AvgIpc) is 2.90. The zero-order valence-electron chi connectivity index (χ0n) is 13.2. The minimum Gasteiger partial charge on any atom is -0.317 e. The van der Waals surface area contributed by atoms with Crippen molar-refractivity contribution in [2.75, 3.05) is 19.6 Å². The molecule has 0 bridgehead atoms. The Morgan fingerprint density at radius 3 is 2.95 bits per heavy atom. The molecular formula is C15H23N5OS. The van der Waals surface area contributed by atoms with E-state index in [0.717, 1.165) is 43.3 Å². The minimum absolute atomic E-state index is 0.0890. The second-order valence-corrected chi connectivity index (χ2v) is 6.92. The summed E-state index contributed by atoms with van der Waals surface area (Å²) in [6, 6.07) is 2.15. The van der Waals surface area contributed by atoms with E-state index in [-0.39, 0.29) is 5.56 Å². The van der Waals surface area contributed by atoms with Gasteiger partial charge in [-0.05, 0) is 45.8 Å². The van der Waals surface area contributed by atoms with E-state index in [4.69, 9.17) is 0 Å². The maximum atomic E-state index is 12.0. The van der Waals surface area contributed by atoms with E-state index in [2.05, 4.69) is 27.2 Å². The molecule has 3 rings (SSSR count). The molecule has 7 heteroatoms. The van der Waals surface area contributed by atoms with Gasteiger partial charge < -0.3 is 5.32 Å². The van der Waals surface area contributed by atoms with Crippen molar-refractivity contribution in [1.82, 2.24) is 24.8 Å². The minimum atomic E-state index is -0.0890. The topological polar surface area (TPSA) is 62.5 Å². The first kappa shape index (κ1) is 15.6. The summed E-state index contributed by atoms with van der Waals surface area (Å²) >= 11 is 1.53. The maximum Gasteiger partial charge on any atom is 0.275 e. The van der Waals surface area contributed by atoms with Crippen LogP contribution in [0, 0.1) is 6.92 Å². The van der Waals surface area contributed by atoms with Crippen LogP contribution in [0.2, 0.25) is 0 Å². The summed E-state index contributed by atoms with van der Waals surface area (Å²) in [7, 11) is 0. The molecule has 1 N–H and O–H groups in total. The Labute approximate surface area is 134 Å². The van der Waals surface area contributed by atoms with Crippen molar-refractivity contribution in [3.05, 3.63) is 27.1 Å². The van der Waals surface area contributed by atoms with Gasteiger partial charge in [-0.2, -0.15) is 9.61 Å². The summed E-state index contributed by atoms with van der Waals surface area (Å²) in [6.45, 7) is 8.11. The van der Waals surface area contributed by atoms with Crippen LogP contribution in [-0.4, -0.2) is 45.2 Å². The molecule has 0 spiro atoms. The fourth-order valence-electron chi connectivity index (χ4n) is 3.05. The molecule has 1 aliphatic heterocycles. The molecule has 0 unspecified atom stereocenters. The van der Waals surface area contributed by atoms with E-state index in [1.54, 1.807) is 0 Å². The van der Waals surface area contributed by atoms with Gasteiger partial charge in [0.15, 0.2) is 0 Å². The van der Waals surface area contributed by atoms with Crippen LogP contribution in [0.5, 0.6) is 0 Å². The second-order valence-electron chi connectivity index (χ2n) is 5.88. The van der Waals surface area contributed by atoms with Crippen LogP contribution < -0.4 is 10.9 Å². The van der Waals surface area contributed by atoms with Crippen LogP contribution in [0.25, 0.3) is 4.96 Å². The van der Waals surface area contributed by atoms with Crippen molar-refractivity contribution in [3.63, 3.8) is 0 Å². The number of piperidine rings is 1. The summed E-state index contributed by atoms with van der Waals surface area (Å²) in [5.74, 6) is 0. The van der Waals surface area contributed by atoms with E-state index >= 15 is 0 Å². The molecule has 1 aliphatic rings.